The average molecular weight is 208 g/mol. The Kier molecular flexibility index (Phi) is 5.20. The zero-order chi connectivity index (χ0) is 11.1. The van der Waals surface area contributed by atoms with Gasteiger partial charge < -0.3 is 4.90 Å². The molecule has 3 nitrogen and oxygen atoms in total. The largest absolute Gasteiger partial charge is 0.340 e. The Hall–Kier alpha value is -1.01. The van der Waals surface area contributed by atoms with E-state index in [4.69, 9.17) is 0 Å². The van der Waals surface area contributed by atoms with Crippen LogP contribution < -0.4 is 0 Å². The summed E-state index contributed by atoms with van der Waals surface area (Å²) < 4.78 is 0. The number of carbonyl (C=O) groups is 1. The molecule has 0 aliphatic carbocycles. The molecule has 1 heterocycles. The van der Waals surface area contributed by atoms with E-state index in [1.807, 2.05) is 11.8 Å². The third-order valence-corrected chi connectivity index (χ3v) is 2.63. The first-order valence-electron chi connectivity index (χ1n) is 5.73. The molecule has 1 amide bonds. The first-order chi connectivity index (χ1) is 7.27. The van der Waals surface area contributed by atoms with Gasteiger partial charge >= 0.3 is 0 Å². The van der Waals surface area contributed by atoms with Crippen molar-refractivity contribution < 1.29 is 4.79 Å². The Morgan fingerprint density at radius 3 is 2.33 bits per heavy atom. The summed E-state index contributed by atoms with van der Waals surface area (Å²) in [6.07, 6.45) is 1.55. The molecule has 3 heteroatoms. The Morgan fingerprint density at radius 1 is 1.13 bits per heavy atom. The van der Waals surface area contributed by atoms with E-state index < -0.39 is 0 Å². The molecule has 0 unspecified atom stereocenters. The van der Waals surface area contributed by atoms with Gasteiger partial charge in [-0.15, -0.1) is 5.92 Å². The fraction of sp³-hybridized carbons (Fsp3) is 0.750. The minimum atomic E-state index is 0.272. The molecule has 0 aromatic heterocycles. The molecule has 1 saturated heterocycles. The highest BCUT2D eigenvalue weighted by Crippen LogP contribution is 2.02. The Labute approximate surface area is 92.4 Å². The van der Waals surface area contributed by atoms with Gasteiger partial charge in [0.05, 0.1) is 6.54 Å². The molecule has 0 atom stereocenters. The summed E-state index contributed by atoms with van der Waals surface area (Å²) in [5.74, 6) is 6.48. The van der Waals surface area contributed by atoms with Crippen molar-refractivity contribution in [3.05, 3.63) is 0 Å². The van der Waals surface area contributed by atoms with E-state index in [-0.39, 0.29) is 5.91 Å². The SMILES string of the molecule is CCC#CCN1CCN(C(=O)CC)CC1. The molecule has 15 heavy (non-hydrogen) atoms. The van der Waals surface area contributed by atoms with E-state index in [0.29, 0.717) is 6.42 Å². The van der Waals surface area contributed by atoms with Gasteiger partial charge in [-0.3, -0.25) is 9.69 Å². The van der Waals surface area contributed by atoms with E-state index >= 15 is 0 Å². The van der Waals surface area contributed by atoms with Crippen LogP contribution in [0.25, 0.3) is 0 Å². The lowest BCUT2D eigenvalue weighted by Crippen LogP contribution is -2.48. The molecule has 1 fully saturated rings. The van der Waals surface area contributed by atoms with Crippen molar-refractivity contribution in [3.63, 3.8) is 0 Å². The highest BCUT2D eigenvalue weighted by atomic mass is 16.2. The Bertz CT molecular complexity index is 257. The van der Waals surface area contributed by atoms with Crippen LogP contribution in [0, 0.1) is 11.8 Å². The number of amides is 1. The maximum Gasteiger partial charge on any atom is 0.222 e. The van der Waals surface area contributed by atoms with Crippen LogP contribution in [0.15, 0.2) is 0 Å². The summed E-state index contributed by atoms with van der Waals surface area (Å²) in [4.78, 5) is 15.7. The fourth-order valence-corrected chi connectivity index (χ4v) is 1.67. The third kappa shape index (κ3) is 3.93. The number of hydrogen-bond acceptors (Lipinski definition) is 2. The van der Waals surface area contributed by atoms with Crippen LogP contribution in [0.2, 0.25) is 0 Å². The number of carbonyl (C=O) groups excluding carboxylic acids is 1. The van der Waals surface area contributed by atoms with Crippen molar-refractivity contribution in [1.29, 1.82) is 0 Å². The second-order valence-corrected chi connectivity index (χ2v) is 3.72. The van der Waals surface area contributed by atoms with Gasteiger partial charge in [0.25, 0.3) is 0 Å². The quantitative estimate of drug-likeness (QED) is 0.631. The monoisotopic (exact) mass is 208 g/mol. The topological polar surface area (TPSA) is 23.6 Å². The highest BCUT2D eigenvalue weighted by Gasteiger charge is 2.18. The van der Waals surface area contributed by atoms with E-state index in [9.17, 15) is 4.79 Å². The molecule has 0 aromatic rings. The van der Waals surface area contributed by atoms with Crippen LogP contribution in [-0.4, -0.2) is 48.4 Å². The molecule has 0 aromatic carbocycles. The second-order valence-electron chi connectivity index (χ2n) is 3.72. The fourth-order valence-electron chi connectivity index (χ4n) is 1.67. The lowest BCUT2D eigenvalue weighted by Gasteiger charge is -2.33. The predicted octanol–water partition coefficient (Wildman–Crippen LogP) is 0.954. The number of rotatable bonds is 2. The summed E-state index contributed by atoms with van der Waals surface area (Å²) in [6, 6.07) is 0. The molecule has 0 spiro atoms. The number of hydrogen-bond donors (Lipinski definition) is 0. The van der Waals surface area contributed by atoms with E-state index in [2.05, 4.69) is 23.7 Å². The van der Waals surface area contributed by atoms with Crippen LogP contribution in [0.3, 0.4) is 0 Å². The summed E-state index contributed by atoms with van der Waals surface area (Å²) in [7, 11) is 0. The van der Waals surface area contributed by atoms with Gasteiger partial charge in [0, 0.05) is 39.0 Å². The van der Waals surface area contributed by atoms with Crippen LogP contribution in [0.4, 0.5) is 0 Å². The maximum atomic E-state index is 11.4. The molecule has 0 radical (unpaired) electrons. The molecule has 0 bridgehead atoms. The van der Waals surface area contributed by atoms with Crippen molar-refractivity contribution in [3.8, 4) is 11.8 Å². The number of piperazine rings is 1. The maximum absolute atomic E-state index is 11.4. The summed E-state index contributed by atoms with van der Waals surface area (Å²) in [5, 5.41) is 0. The average Bonchev–Trinajstić information content (AvgIpc) is 2.29. The number of nitrogens with zero attached hydrogens (tertiary/aromatic N) is 2. The van der Waals surface area contributed by atoms with Gasteiger partial charge in [0.15, 0.2) is 0 Å². The molecular weight excluding hydrogens is 188 g/mol. The van der Waals surface area contributed by atoms with Crippen LogP contribution in [0.5, 0.6) is 0 Å². The molecule has 84 valence electrons. The van der Waals surface area contributed by atoms with Crippen LogP contribution >= 0.6 is 0 Å². The lowest BCUT2D eigenvalue weighted by atomic mass is 10.3. The molecule has 1 rings (SSSR count). The van der Waals surface area contributed by atoms with Gasteiger partial charge in [-0.05, 0) is 0 Å². The first kappa shape index (κ1) is 12.1. The van der Waals surface area contributed by atoms with Crippen molar-refractivity contribution in [2.45, 2.75) is 26.7 Å². The zero-order valence-electron chi connectivity index (χ0n) is 9.75. The molecule has 0 saturated carbocycles. The molecule has 0 N–H and O–H groups in total. The van der Waals surface area contributed by atoms with Crippen molar-refractivity contribution in [2.75, 3.05) is 32.7 Å². The van der Waals surface area contributed by atoms with Gasteiger partial charge in [0.2, 0.25) is 5.91 Å². The summed E-state index contributed by atoms with van der Waals surface area (Å²) >= 11 is 0. The van der Waals surface area contributed by atoms with Crippen molar-refractivity contribution in [2.24, 2.45) is 0 Å². The minimum absolute atomic E-state index is 0.272. The van der Waals surface area contributed by atoms with Crippen LogP contribution in [-0.2, 0) is 4.79 Å². The summed E-state index contributed by atoms with van der Waals surface area (Å²) in [5.41, 5.74) is 0. The van der Waals surface area contributed by atoms with Gasteiger partial charge in [-0.1, -0.05) is 19.8 Å². The zero-order valence-corrected chi connectivity index (χ0v) is 9.75. The molecular formula is C12H20N2O. The second kappa shape index (κ2) is 6.47. The van der Waals surface area contributed by atoms with Gasteiger partial charge in [-0.2, -0.15) is 0 Å². The van der Waals surface area contributed by atoms with Crippen LogP contribution in [0.1, 0.15) is 26.7 Å². The lowest BCUT2D eigenvalue weighted by molar-refractivity contribution is -0.132. The Morgan fingerprint density at radius 2 is 1.80 bits per heavy atom. The standard InChI is InChI=1S/C12H20N2O/c1-3-5-6-7-13-8-10-14(11-9-13)12(15)4-2/h3-4,7-11H2,1-2H3. The van der Waals surface area contributed by atoms with Gasteiger partial charge in [-0.25, -0.2) is 0 Å². The summed E-state index contributed by atoms with van der Waals surface area (Å²) in [6.45, 7) is 8.48. The molecule has 1 aliphatic heterocycles. The third-order valence-electron chi connectivity index (χ3n) is 2.63. The van der Waals surface area contributed by atoms with Crippen molar-refractivity contribution in [1.82, 2.24) is 9.80 Å². The van der Waals surface area contributed by atoms with Gasteiger partial charge in [0.1, 0.15) is 0 Å². The highest BCUT2D eigenvalue weighted by molar-refractivity contribution is 5.75. The van der Waals surface area contributed by atoms with E-state index in [1.54, 1.807) is 0 Å². The van der Waals surface area contributed by atoms with E-state index in [0.717, 1.165) is 39.1 Å². The molecule has 1 aliphatic rings. The van der Waals surface area contributed by atoms with Crippen molar-refractivity contribution >= 4 is 5.91 Å². The van der Waals surface area contributed by atoms with E-state index in [1.165, 1.54) is 0 Å². The Balaban J connectivity index is 2.26. The smallest absolute Gasteiger partial charge is 0.222 e. The minimum Gasteiger partial charge on any atom is -0.340 e. The predicted molar refractivity (Wildman–Crippen MR) is 61.4 cm³/mol. The first-order valence-corrected chi connectivity index (χ1v) is 5.73. The normalized spacial score (nSPS) is 17.1.